The van der Waals surface area contributed by atoms with Gasteiger partial charge >= 0.3 is 22.3 Å². The Balaban J connectivity index is 1.38. The number of epoxide rings is 1. The number of hydrogen-bond acceptors (Lipinski definition) is 9. The van der Waals surface area contributed by atoms with Crippen molar-refractivity contribution in [1.29, 1.82) is 0 Å². The molecule has 5 aliphatic rings. The summed E-state index contributed by atoms with van der Waals surface area (Å²) < 4.78 is 48.7. The average Bonchev–Trinajstić information content (AvgIpc) is 3.56. The second kappa shape index (κ2) is 12.2. The minimum absolute atomic E-state index is 0.0540. The lowest BCUT2D eigenvalue weighted by Crippen LogP contribution is -2.59. The molecule has 0 aromatic heterocycles. The van der Waals surface area contributed by atoms with Crippen LogP contribution >= 0.6 is 0 Å². The summed E-state index contributed by atoms with van der Waals surface area (Å²) in [4.78, 5) is 26.3. The number of carboxylic acid groups (broad SMARTS) is 1. The largest absolute Gasteiger partial charge is 0.481 e. The summed E-state index contributed by atoms with van der Waals surface area (Å²) in [6, 6.07) is -1.44. The van der Waals surface area contributed by atoms with Crippen molar-refractivity contribution in [2.24, 2.45) is 52.1 Å². The molecule has 4 aliphatic carbocycles. The van der Waals surface area contributed by atoms with Crippen molar-refractivity contribution in [3.8, 4) is 0 Å². The van der Waals surface area contributed by atoms with Crippen molar-refractivity contribution in [1.82, 2.24) is 0 Å². The van der Waals surface area contributed by atoms with E-state index in [0.29, 0.717) is 50.4 Å². The van der Waals surface area contributed by atoms with Crippen LogP contribution in [0.25, 0.3) is 0 Å². The molecule has 0 aromatic carbocycles. The number of carbonyl (C=O) groups excluding carboxylic acids is 1. The van der Waals surface area contributed by atoms with Crippen LogP contribution in [0.2, 0.25) is 0 Å². The Morgan fingerprint density at radius 3 is 2.30 bits per heavy atom. The summed E-state index contributed by atoms with van der Waals surface area (Å²) in [5.74, 6) is -1.29. The van der Waals surface area contributed by atoms with Gasteiger partial charge in [0.15, 0.2) is 0 Å². The maximum absolute atomic E-state index is 13.2. The molecule has 1 spiro atoms. The van der Waals surface area contributed by atoms with Gasteiger partial charge in [0.1, 0.15) is 36.1 Å². The van der Waals surface area contributed by atoms with Crippen LogP contribution in [0.4, 0.5) is 0 Å². The van der Waals surface area contributed by atoms with Crippen LogP contribution in [0.15, 0.2) is 23.3 Å². The smallest absolute Gasteiger partial charge is 0.397 e. The van der Waals surface area contributed by atoms with Crippen LogP contribution in [0.3, 0.4) is 0 Å². The SMILES string of the molecule is CC(C)[C@@H](C)/C=C/[C@@H](C)[C@H]1CCC2=C3[C@@H](O)[C@@H]4O[C@@]45C[C@@H](OC(=O)[C@@H](N)[C@@H](OS(=O)(=O)O)C(C)C)CC[C@]5(C)[C@H]3CC[C@@]21C(=O)O. The number of carbonyl (C=O) groups is 2. The highest BCUT2D eigenvalue weighted by atomic mass is 32.3. The van der Waals surface area contributed by atoms with Crippen LogP contribution in [0.5, 0.6) is 0 Å². The summed E-state index contributed by atoms with van der Waals surface area (Å²) in [6.45, 7) is 14.1. The zero-order chi connectivity index (χ0) is 34.1. The second-order valence-corrected chi connectivity index (χ2v) is 16.7. The van der Waals surface area contributed by atoms with E-state index in [1.165, 1.54) is 0 Å². The summed E-state index contributed by atoms with van der Waals surface area (Å²) in [5, 5.41) is 22.7. The van der Waals surface area contributed by atoms with Gasteiger partial charge in [0, 0.05) is 11.8 Å². The highest BCUT2D eigenvalue weighted by Crippen LogP contribution is 2.72. The van der Waals surface area contributed by atoms with E-state index >= 15 is 0 Å². The Kier molecular flexibility index (Phi) is 9.45. The standard InChI is InChI=1S/C34H53NO10S/c1-17(2)19(5)8-9-20(6)22-10-11-24-25-23(13-15-33(22,24)31(38)39)32(7)14-12-21(16-34(32)29(44-34)27(25)36)43-30(37)26(35)28(18(3)4)45-46(40,41)42/h8-9,17-23,26-29,36H,10-16,35H2,1-7H3,(H,38,39)(H,40,41,42)/b9-8+/t19-,20+,21-,22+,23-,26-,27+,28-,29-,32+,33-,34-/m0/s1. The average molecular weight is 668 g/mol. The van der Waals surface area contributed by atoms with Crippen LogP contribution < -0.4 is 5.73 Å². The lowest BCUT2D eigenvalue weighted by Gasteiger charge is -2.55. The molecular weight excluding hydrogens is 614 g/mol. The molecule has 4 fully saturated rings. The van der Waals surface area contributed by atoms with Crippen molar-refractivity contribution in [3.05, 3.63) is 23.3 Å². The van der Waals surface area contributed by atoms with Crippen molar-refractivity contribution >= 4 is 22.3 Å². The third-order valence-electron chi connectivity index (χ3n) is 12.6. The number of aliphatic hydroxyl groups excluding tert-OH is 1. The Morgan fingerprint density at radius 1 is 1.04 bits per heavy atom. The summed E-state index contributed by atoms with van der Waals surface area (Å²) >= 11 is 0. The van der Waals surface area contributed by atoms with Crippen molar-refractivity contribution in [2.75, 3.05) is 0 Å². The third kappa shape index (κ3) is 5.68. The molecular formula is C34H53NO10S. The Hall–Kier alpha value is -1.83. The molecule has 0 unspecified atom stereocenters. The molecule has 5 rings (SSSR count). The Morgan fingerprint density at radius 2 is 1.72 bits per heavy atom. The molecule has 5 N–H and O–H groups in total. The summed E-state index contributed by atoms with van der Waals surface area (Å²) in [7, 11) is -4.84. The Labute approximate surface area is 273 Å². The van der Waals surface area contributed by atoms with E-state index in [4.69, 9.17) is 15.2 Å². The first-order chi connectivity index (χ1) is 21.3. The fourth-order valence-corrected chi connectivity index (χ4v) is 10.3. The van der Waals surface area contributed by atoms with E-state index in [0.717, 1.165) is 17.6 Å². The zero-order valence-electron chi connectivity index (χ0n) is 28.1. The van der Waals surface area contributed by atoms with Gasteiger partial charge in [0.05, 0.1) is 5.41 Å². The van der Waals surface area contributed by atoms with Gasteiger partial charge in [-0.1, -0.05) is 66.2 Å². The van der Waals surface area contributed by atoms with Crippen LogP contribution in [-0.2, 0) is 33.6 Å². The summed E-state index contributed by atoms with van der Waals surface area (Å²) in [6.07, 6.45) is 5.08. The number of fused-ring (bicyclic) bond motifs is 3. The Bertz CT molecular complexity index is 1390. The normalized spacial score (nSPS) is 39.7. The summed E-state index contributed by atoms with van der Waals surface area (Å²) in [5.41, 5.74) is 5.68. The van der Waals surface area contributed by atoms with Gasteiger partial charge in [0.2, 0.25) is 0 Å². The highest BCUT2D eigenvalue weighted by Gasteiger charge is 2.78. The van der Waals surface area contributed by atoms with Crippen LogP contribution in [0, 0.1) is 46.3 Å². The number of nitrogens with two attached hydrogens (primary N) is 1. The number of esters is 1. The number of allylic oxidation sites excluding steroid dienone is 2. The molecule has 0 radical (unpaired) electrons. The molecule has 0 amide bonds. The lowest BCUT2D eigenvalue weighted by atomic mass is 9.47. The first-order valence-corrected chi connectivity index (χ1v) is 18.3. The molecule has 12 heteroatoms. The van der Waals surface area contributed by atoms with Gasteiger partial charge in [-0.2, -0.15) is 8.42 Å². The van der Waals surface area contributed by atoms with E-state index < -0.39 is 69.7 Å². The molecule has 11 nitrogen and oxygen atoms in total. The quantitative estimate of drug-likeness (QED) is 0.106. The van der Waals surface area contributed by atoms with Gasteiger partial charge in [-0.3, -0.25) is 14.1 Å². The fraction of sp³-hybridized carbons (Fsp3) is 0.824. The van der Waals surface area contributed by atoms with E-state index in [1.54, 1.807) is 13.8 Å². The topological polar surface area (TPSA) is 186 Å². The number of ether oxygens (including phenoxy) is 2. The van der Waals surface area contributed by atoms with Gasteiger partial charge in [0.25, 0.3) is 0 Å². The van der Waals surface area contributed by atoms with Gasteiger partial charge in [-0.15, -0.1) is 0 Å². The predicted molar refractivity (Wildman–Crippen MR) is 170 cm³/mol. The minimum Gasteiger partial charge on any atom is -0.481 e. The molecule has 0 aromatic rings. The number of aliphatic carboxylic acids is 1. The van der Waals surface area contributed by atoms with E-state index in [1.807, 2.05) is 0 Å². The molecule has 3 saturated carbocycles. The highest BCUT2D eigenvalue weighted by molar-refractivity contribution is 7.80. The molecule has 0 bridgehead atoms. The number of carboxylic acids is 1. The van der Waals surface area contributed by atoms with Crippen molar-refractivity contribution in [2.45, 2.75) is 129 Å². The van der Waals surface area contributed by atoms with E-state index in [2.05, 4.69) is 51.0 Å². The maximum Gasteiger partial charge on any atom is 0.397 e. The molecule has 1 heterocycles. The number of aliphatic hydroxyl groups is 1. The lowest BCUT2D eigenvalue weighted by molar-refractivity contribution is -0.160. The molecule has 1 saturated heterocycles. The fourth-order valence-electron chi connectivity index (χ4n) is 9.65. The van der Waals surface area contributed by atoms with E-state index in [-0.39, 0.29) is 23.2 Å². The molecule has 1 aliphatic heterocycles. The van der Waals surface area contributed by atoms with Gasteiger partial charge < -0.3 is 25.4 Å². The van der Waals surface area contributed by atoms with E-state index in [9.17, 15) is 32.8 Å². The number of hydrogen-bond donors (Lipinski definition) is 4. The second-order valence-electron chi connectivity index (χ2n) is 15.6. The molecule has 46 heavy (non-hydrogen) atoms. The molecule has 12 atom stereocenters. The zero-order valence-corrected chi connectivity index (χ0v) is 29.0. The van der Waals surface area contributed by atoms with Gasteiger partial charge in [-0.25, -0.2) is 4.18 Å². The monoisotopic (exact) mass is 667 g/mol. The van der Waals surface area contributed by atoms with Gasteiger partial charge in [-0.05, 0) is 79.6 Å². The maximum atomic E-state index is 13.2. The van der Waals surface area contributed by atoms with Crippen LogP contribution in [-0.4, -0.2) is 71.2 Å². The van der Waals surface area contributed by atoms with Crippen molar-refractivity contribution < 1.29 is 46.4 Å². The third-order valence-corrected chi connectivity index (χ3v) is 13.1. The minimum atomic E-state index is -4.84. The number of rotatable bonds is 11. The first kappa shape index (κ1) is 35.5. The predicted octanol–water partition coefficient (Wildman–Crippen LogP) is 4.44. The molecule has 260 valence electrons. The first-order valence-electron chi connectivity index (χ1n) is 16.9. The van der Waals surface area contributed by atoms with Crippen LogP contribution in [0.1, 0.15) is 93.4 Å². The van der Waals surface area contributed by atoms with Crippen molar-refractivity contribution in [3.63, 3.8) is 0 Å².